The highest BCUT2D eigenvalue weighted by molar-refractivity contribution is 5.94. The van der Waals surface area contributed by atoms with Gasteiger partial charge in [-0.25, -0.2) is 4.39 Å². The molecule has 1 aromatic heterocycles. The lowest BCUT2D eigenvalue weighted by Gasteiger charge is -2.10. The van der Waals surface area contributed by atoms with Crippen LogP contribution in [-0.2, 0) is 0 Å². The Bertz CT molecular complexity index is 570. The number of carbonyl (C=O) groups is 1. The van der Waals surface area contributed by atoms with Crippen LogP contribution in [0.4, 0.5) is 4.39 Å². The maximum absolute atomic E-state index is 13.7. The van der Waals surface area contributed by atoms with Crippen molar-refractivity contribution in [2.75, 3.05) is 6.54 Å². The van der Waals surface area contributed by atoms with Crippen molar-refractivity contribution < 1.29 is 9.18 Å². The number of nitrogens with one attached hydrogen (secondary N) is 2. The van der Waals surface area contributed by atoms with E-state index in [0.29, 0.717) is 17.9 Å². The van der Waals surface area contributed by atoms with E-state index in [1.54, 1.807) is 19.1 Å². The topological polar surface area (TPSA) is 83.6 Å². The summed E-state index contributed by atoms with van der Waals surface area (Å²) in [5, 5.41) is 16.1. The minimum absolute atomic E-state index is 0.0420. The normalized spacial score (nSPS) is 12.2. The summed E-state index contributed by atoms with van der Waals surface area (Å²) in [5.41, 5.74) is 0.485. The highest BCUT2D eigenvalue weighted by Gasteiger charge is 2.15. The summed E-state index contributed by atoms with van der Waals surface area (Å²) in [6.07, 6.45) is 0. The molecule has 0 aliphatic rings. The van der Waals surface area contributed by atoms with Gasteiger partial charge in [0.25, 0.3) is 5.91 Å². The number of nitrogens with zero attached hydrogens (tertiary/aromatic N) is 3. The number of benzene rings is 1. The van der Waals surface area contributed by atoms with Gasteiger partial charge in [0.2, 0.25) is 0 Å². The van der Waals surface area contributed by atoms with Crippen LogP contribution in [0.2, 0.25) is 0 Å². The fourth-order valence-electron chi connectivity index (χ4n) is 1.63. The molecule has 7 heteroatoms. The molecule has 1 atom stereocenters. The molecule has 0 fully saturated rings. The lowest BCUT2D eigenvalue weighted by molar-refractivity contribution is 0.0947. The molecule has 1 aromatic carbocycles. The molecule has 2 N–H and O–H groups in total. The van der Waals surface area contributed by atoms with Crippen LogP contribution in [0.3, 0.4) is 0 Å². The zero-order valence-corrected chi connectivity index (χ0v) is 10.6. The zero-order valence-electron chi connectivity index (χ0n) is 10.6. The van der Waals surface area contributed by atoms with Gasteiger partial charge in [-0.3, -0.25) is 4.79 Å². The van der Waals surface area contributed by atoms with E-state index in [4.69, 9.17) is 0 Å². The molecule has 0 saturated carbocycles. The molecular formula is C12H14FN5O. The summed E-state index contributed by atoms with van der Waals surface area (Å²) in [5.74, 6) is -0.538. The monoisotopic (exact) mass is 263 g/mol. The number of H-pyrrole nitrogens is 1. The quantitative estimate of drug-likeness (QED) is 0.867. The molecule has 0 aliphatic carbocycles. The number of aromatic amines is 1. The Balaban J connectivity index is 2.00. The second-order valence-corrected chi connectivity index (χ2v) is 4.32. The van der Waals surface area contributed by atoms with Gasteiger partial charge >= 0.3 is 0 Å². The number of halogens is 1. The SMILES string of the molecule is Cc1cccc(C(=O)NC[C@@H](C)c2nn[nH]n2)c1F. The number of hydrogen-bond donors (Lipinski definition) is 2. The van der Waals surface area contributed by atoms with Crippen molar-refractivity contribution >= 4 is 5.91 Å². The molecule has 1 heterocycles. The number of rotatable bonds is 4. The van der Waals surface area contributed by atoms with E-state index in [-0.39, 0.29) is 11.5 Å². The average Bonchev–Trinajstić information content (AvgIpc) is 2.93. The zero-order chi connectivity index (χ0) is 13.8. The van der Waals surface area contributed by atoms with Gasteiger partial charge in [-0.2, -0.15) is 5.21 Å². The molecule has 2 rings (SSSR count). The highest BCUT2D eigenvalue weighted by Crippen LogP contribution is 2.12. The summed E-state index contributed by atoms with van der Waals surface area (Å²) < 4.78 is 13.7. The molecule has 2 aromatic rings. The fraction of sp³-hybridized carbons (Fsp3) is 0.333. The first kappa shape index (κ1) is 13.1. The van der Waals surface area contributed by atoms with E-state index in [0.717, 1.165) is 0 Å². The van der Waals surface area contributed by atoms with E-state index in [1.165, 1.54) is 6.07 Å². The predicted molar refractivity (Wildman–Crippen MR) is 66.1 cm³/mol. The minimum atomic E-state index is -0.493. The van der Waals surface area contributed by atoms with E-state index >= 15 is 0 Å². The van der Waals surface area contributed by atoms with Crippen LogP contribution in [0.5, 0.6) is 0 Å². The third-order valence-electron chi connectivity index (χ3n) is 2.81. The lowest BCUT2D eigenvalue weighted by atomic mass is 10.1. The summed E-state index contributed by atoms with van der Waals surface area (Å²) in [7, 11) is 0. The van der Waals surface area contributed by atoms with Gasteiger partial charge in [0.05, 0.1) is 5.56 Å². The van der Waals surface area contributed by atoms with Gasteiger partial charge in [0.1, 0.15) is 5.82 Å². The lowest BCUT2D eigenvalue weighted by Crippen LogP contribution is -2.28. The van der Waals surface area contributed by atoms with Gasteiger partial charge in [-0.1, -0.05) is 24.3 Å². The Hall–Kier alpha value is -2.31. The molecule has 0 unspecified atom stereocenters. The van der Waals surface area contributed by atoms with Crippen LogP contribution >= 0.6 is 0 Å². The van der Waals surface area contributed by atoms with E-state index in [1.807, 2.05) is 6.92 Å². The van der Waals surface area contributed by atoms with Crippen molar-refractivity contribution in [3.63, 3.8) is 0 Å². The summed E-state index contributed by atoms with van der Waals surface area (Å²) in [4.78, 5) is 11.9. The minimum Gasteiger partial charge on any atom is -0.351 e. The van der Waals surface area contributed by atoms with Crippen LogP contribution in [0.25, 0.3) is 0 Å². The number of amides is 1. The van der Waals surface area contributed by atoms with Gasteiger partial charge in [0.15, 0.2) is 5.82 Å². The summed E-state index contributed by atoms with van der Waals surface area (Å²) in [6, 6.07) is 4.72. The number of hydrogen-bond acceptors (Lipinski definition) is 4. The molecule has 0 spiro atoms. The largest absolute Gasteiger partial charge is 0.351 e. The number of carbonyl (C=O) groups excluding carboxylic acids is 1. The van der Waals surface area contributed by atoms with Gasteiger partial charge in [0, 0.05) is 12.5 Å². The van der Waals surface area contributed by atoms with Crippen LogP contribution in [0.15, 0.2) is 18.2 Å². The van der Waals surface area contributed by atoms with Crippen LogP contribution < -0.4 is 5.32 Å². The summed E-state index contributed by atoms with van der Waals surface area (Å²) >= 11 is 0. The Kier molecular flexibility index (Phi) is 3.84. The first-order valence-electron chi connectivity index (χ1n) is 5.86. The molecule has 0 saturated heterocycles. The molecule has 100 valence electrons. The van der Waals surface area contributed by atoms with Crippen LogP contribution in [0, 0.1) is 12.7 Å². The predicted octanol–water partition coefficient (Wildman–Crippen LogP) is 1.18. The van der Waals surface area contributed by atoms with Crippen molar-refractivity contribution in [1.82, 2.24) is 25.9 Å². The van der Waals surface area contributed by atoms with Crippen molar-refractivity contribution in [3.05, 3.63) is 41.0 Å². The molecule has 0 radical (unpaired) electrons. The number of aromatic nitrogens is 4. The van der Waals surface area contributed by atoms with Crippen molar-refractivity contribution in [2.45, 2.75) is 19.8 Å². The molecule has 19 heavy (non-hydrogen) atoms. The van der Waals surface area contributed by atoms with Crippen LogP contribution in [-0.4, -0.2) is 33.1 Å². The average molecular weight is 263 g/mol. The second-order valence-electron chi connectivity index (χ2n) is 4.32. The molecule has 1 amide bonds. The standard InChI is InChI=1S/C12H14FN5O/c1-7-4-3-5-9(10(7)13)12(19)14-6-8(2)11-15-17-18-16-11/h3-5,8H,6H2,1-2H3,(H,14,19)(H,15,16,17,18)/t8-/m1/s1. The molecular weight excluding hydrogens is 249 g/mol. The van der Waals surface area contributed by atoms with Gasteiger partial charge < -0.3 is 5.32 Å². The van der Waals surface area contributed by atoms with Gasteiger partial charge in [-0.05, 0) is 18.6 Å². The number of aryl methyl sites for hydroxylation is 1. The maximum atomic E-state index is 13.7. The van der Waals surface area contributed by atoms with Crippen molar-refractivity contribution in [2.24, 2.45) is 0 Å². The maximum Gasteiger partial charge on any atom is 0.254 e. The molecule has 0 bridgehead atoms. The van der Waals surface area contributed by atoms with E-state index in [2.05, 4.69) is 25.9 Å². The van der Waals surface area contributed by atoms with E-state index in [9.17, 15) is 9.18 Å². The van der Waals surface area contributed by atoms with Crippen molar-refractivity contribution in [3.8, 4) is 0 Å². The summed E-state index contributed by atoms with van der Waals surface area (Å²) in [6.45, 7) is 3.78. The Morgan fingerprint density at radius 1 is 1.53 bits per heavy atom. The highest BCUT2D eigenvalue weighted by atomic mass is 19.1. The molecule has 6 nitrogen and oxygen atoms in total. The number of tetrazole rings is 1. The smallest absolute Gasteiger partial charge is 0.254 e. The Labute approximate surface area is 109 Å². The Morgan fingerprint density at radius 2 is 2.32 bits per heavy atom. The third kappa shape index (κ3) is 2.93. The van der Waals surface area contributed by atoms with Crippen molar-refractivity contribution in [1.29, 1.82) is 0 Å². The fourth-order valence-corrected chi connectivity index (χ4v) is 1.63. The molecule has 0 aliphatic heterocycles. The van der Waals surface area contributed by atoms with Crippen LogP contribution in [0.1, 0.15) is 34.6 Å². The van der Waals surface area contributed by atoms with Gasteiger partial charge in [-0.15, -0.1) is 10.2 Å². The Morgan fingerprint density at radius 3 is 3.00 bits per heavy atom. The third-order valence-corrected chi connectivity index (χ3v) is 2.81. The van der Waals surface area contributed by atoms with E-state index < -0.39 is 11.7 Å². The first-order valence-corrected chi connectivity index (χ1v) is 5.86. The second kappa shape index (κ2) is 5.55. The first-order chi connectivity index (χ1) is 9.09.